The number of hydrogen-bond acceptors (Lipinski definition) is 6. The van der Waals surface area contributed by atoms with Gasteiger partial charge >= 0.3 is 0 Å². The van der Waals surface area contributed by atoms with Crippen molar-refractivity contribution in [3.05, 3.63) is 0 Å². The lowest BCUT2D eigenvalue weighted by atomic mass is 9.92. The second kappa shape index (κ2) is 10.5. The molecule has 6 nitrogen and oxygen atoms in total. The molecule has 0 aliphatic carbocycles. The standard InChI is InChI=1S/C10H20N2O.C9H18N2O.C2H6/c1-9(2)12-5-4-11-7-10(12)3-6-13-8-10;1-8(2)11-4-3-10-9(5-11)6-12-7-9;1-2/h9,11H,3-8H2,1-2H3;8,10H,3-7H2,1-2H3;1-2H3. The van der Waals surface area contributed by atoms with Gasteiger partial charge in [-0.1, -0.05) is 13.8 Å². The quantitative estimate of drug-likeness (QED) is 0.753. The van der Waals surface area contributed by atoms with E-state index in [1.165, 1.54) is 19.5 Å². The average Bonchev–Trinajstić information content (AvgIpc) is 3.11. The molecule has 2 N–H and O–H groups in total. The lowest BCUT2D eigenvalue weighted by Crippen LogP contribution is -2.70. The summed E-state index contributed by atoms with van der Waals surface area (Å²) >= 11 is 0. The monoisotopic (exact) mass is 384 g/mol. The Hall–Kier alpha value is -0.240. The second-order valence-electron chi connectivity index (χ2n) is 8.75. The summed E-state index contributed by atoms with van der Waals surface area (Å²) in [5, 5.41) is 7.03. The second-order valence-corrected chi connectivity index (χ2v) is 8.75. The molecular formula is C21H44N4O2. The molecule has 160 valence electrons. The first-order valence-corrected chi connectivity index (χ1v) is 11.1. The van der Waals surface area contributed by atoms with Crippen molar-refractivity contribution in [2.75, 3.05) is 65.7 Å². The van der Waals surface area contributed by atoms with E-state index < -0.39 is 0 Å². The highest BCUT2D eigenvalue weighted by molar-refractivity contribution is 5.01. The lowest BCUT2D eigenvalue weighted by molar-refractivity contribution is -0.104. The zero-order chi connectivity index (χ0) is 19.9. The summed E-state index contributed by atoms with van der Waals surface area (Å²) in [6.07, 6.45) is 1.19. The minimum atomic E-state index is 0.308. The highest BCUT2D eigenvalue weighted by Crippen LogP contribution is 2.29. The molecule has 0 aromatic rings. The number of piperazine rings is 2. The molecular weight excluding hydrogens is 340 g/mol. The Labute approximate surface area is 167 Å². The molecule has 4 fully saturated rings. The molecule has 0 aromatic carbocycles. The lowest BCUT2D eigenvalue weighted by Gasteiger charge is -2.50. The summed E-state index contributed by atoms with van der Waals surface area (Å²) in [5.41, 5.74) is 0.620. The minimum Gasteiger partial charge on any atom is -0.379 e. The number of ether oxygens (including phenoxy) is 2. The van der Waals surface area contributed by atoms with Crippen molar-refractivity contribution in [1.82, 2.24) is 20.4 Å². The van der Waals surface area contributed by atoms with Crippen LogP contribution in [0, 0.1) is 0 Å². The summed E-state index contributed by atoms with van der Waals surface area (Å²) < 4.78 is 10.8. The molecule has 4 aliphatic rings. The summed E-state index contributed by atoms with van der Waals surface area (Å²) in [5.74, 6) is 0. The zero-order valence-corrected chi connectivity index (χ0v) is 18.6. The average molecular weight is 385 g/mol. The van der Waals surface area contributed by atoms with Crippen LogP contribution in [0.2, 0.25) is 0 Å². The van der Waals surface area contributed by atoms with Gasteiger partial charge in [-0.05, 0) is 34.1 Å². The van der Waals surface area contributed by atoms with Crippen LogP contribution in [0.5, 0.6) is 0 Å². The molecule has 0 saturated carbocycles. The van der Waals surface area contributed by atoms with E-state index in [-0.39, 0.29) is 0 Å². The van der Waals surface area contributed by atoms with Crippen molar-refractivity contribution in [3.63, 3.8) is 0 Å². The van der Waals surface area contributed by atoms with E-state index in [4.69, 9.17) is 9.47 Å². The Morgan fingerprint density at radius 1 is 0.889 bits per heavy atom. The fraction of sp³-hybridized carbons (Fsp3) is 1.00. The molecule has 4 rings (SSSR count). The van der Waals surface area contributed by atoms with E-state index in [0.717, 1.165) is 52.6 Å². The molecule has 4 aliphatic heterocycles. The van der Waals surface area contributed by atoms with Gasteiger partial charge in [0.2, 0.25) is 0 Å². The van der Waals surface area contributed by atoms with Crippen LogP contribution >= 0.6 is 0 Å². The third kappa shape index (κ3) is 5.64. The molecule has 2 spiro atoms. The summed E-state index contributed by atoms with van der Waals surface area (Å²) in [7, 11) is 0. The van der Waals surface area contributed by atoms with Gasteiger partial charge in [0.15, 0.2) is 0 Å². The van der Waals surface area contributed by atoms with Crippen LogP contribution in [0.15, 0.2) is 0 Å². The molecule has 0 radical (unpaired) electrons. The molecule has 4 heterocycles. The first-order chi connectivity index (χ1) is 13.0. The predicted octanol–water partition coefficient (Wildman–Crippen LogP) is 1.55. The summed E-state index contributed by atoms with van der Waals surface area (Å²) in [6, 6.07) is 1.31. The van der Waals surface area contributed by atoms with Crippen molar-refractivity contribution in [2.45, 2.75) is 71.1 Å². The topological polar surface area (TPSA) is 49.0 Å². The van der Waals surface area contributed by atoms with Gasteiger partial charge in [0.05, 0.1) is 30.9 Å². The minimum absolute atomic E-state index is 0.308. The molecule has 1 unspecified atom stereocenters. The van der Waals surface area contributed by atoms with Gasteiger partial charge in [-0.25, -0.2) is 0 Å². The van der Waals surface area contributed by atoms with Gasteiger partial charge in [-0.2, -0.15) is 0 Å². The van der Waals surface area contributed by atoms with Crippen molar-refractivity contribution >= 4 is 0 Å². The third-order valence-electron chi connectivity index (χ3n) is 6.19. The van der Waals surface area contributed by atoms with Gasteiger partial charge in [-0.3, -0.25) is 9.80 Å². The van der Waals surface area contributed by atoms with E-state index in [1.54, 1.807) is 0 Å². The van der Waals surface area contributed by atoms with Crippen LogP contribution in [-0.2, 0) is 9.47 Å². The van der Waals surface area contributed by atoms with Crippen LogP contribution in [-0.4, -0.2) is 98.7 Å². The van der Waals surface area contributed by atoms with Crippen LogP contribution in [0.4, 0.5) is 0 Å². The molecule has 4 saturated heterocycles. The first kappa shape index (κ1) is 23.0. The van der Waals surface area contributed by atoms with Crippen molar-refractivity contribution < 1.29 is 9.47 Å². The highest BCUT2D eigenvalue weighted by Gasteiger charge is 2.43. The third-order valence-corrected chi connectivity index (χ3v) is 6.19. The van der Waals surface area contributed by atoms with E-state index in [1.807, 2.05) is 13.8 Å². The van der Waals surface area contributed by atoms with E-state index in [0.29, 0.717) is 23.2 Å². The number of hydrogen-bond donors (Lipinski definition) is 2. The molecule has 6 heteroatoms. The molecule has 27 heavy (non-hydrogen) atoms. The maximum atomic E-state index is 5.54. The Bertz CT molecular complexity index is 420. The van der Waals surface area contributed by atoms with Crippen molar-refractivity contribution in [2.24, 2.45) is 0 Å². The molecule has 0 aromatic heterocycles. The summed E-state index contributed by atoms with van der Waals surface area (Å²) in [4.78, 5) is 5.13. The van der Waals surface area contributed by atoms with Crippen LogP contribution in [0.3, 0.4) is 0 Å². The normalized spacial score (nSPS) is 30.7. The van der Waals surface area contributed by atoms with Crippen molar-refractivity contribution in [3.8, 4) is 0 Å². The van der Waals surface area contributed by atoms with Gasteiger partial charge < -0.3 is 20.1 Å². The van der Waals surface area contributed by atoms with Gasteiger partial charge in [0, 0.05) is 58.0 Å². The van der Waals surface area contributed by atoms with E-state index in [9.17, 15) is 0 Å². The van der Waals surface area contributed by atoms with Crippen LogP contribution in [0.25, 0.3) is 0 Å². The number of rotatable bonds is 2. The Balaban J connectivity index is 0.000000178. The molecule has 0 amide bonds. The number of nitrogens with one attached hydrogen (secondary N) is 2. The zero-order valence-electron chi connectivity index (χ0n) is 18.6. The fourth-order valence-electron chi connectivity index (χ4n) is 4.60. The van der Waals surface area contributed by atoms with Gasteiger partial charge in [-0.15, -0.1) is 0 Å². The maximum Gasteiger partial charge on any atom is 0.0782 e. The van der Waals surface area contributed by atoms with Crippen molar-refractivity contribution in [1.29, 1.82) is 0 Å². The highest BCUT2D eigenvalue weighted by atomic mass is 16.5. The number of nitrogens with zero attached hydrogens (tertiary/aromatic N) is 2. The van der Waals surface area contributed by atoms with Crippen LogP contribution < -0.4 is 10.6 Å². The predicted molar refractivity (Wildman–Crippen MR) is 112 cm³/mol. The van der Waals surface area contributed by atoms with Gasteiger partial charge in [0.1, 0.15) is 0 Å². The smallest absolute Gasteiger partial charge is 0.0782 e. The SMILES string of the molecule is CC.CC(C)N1CCNC2(COC2)C1.CC(C)N1CCNCC12CCOC2. The van der Waals surface area contributed by atoms with E-state index >= 15 is 0 Å². The Kier molecular flexibility index (Phi) is 8.97. The first-order valence-electron chi connectivity index (χ1n) is 11.1. The molecule has 1 atom stereocenters. The summed E-state index contributed by atoms with van der Waals surface area (Å²) in [6.45, 7) is 23.6. The van der Waals surface area contributed by atoms with Gasteiger partial charge in [0.25, 0.3) is 0 Å². The maximum absolute atomic E-state index is 5.54. The Morgan fingerprint density at radius 3 is 2.15 bits per heavy atom. The largest absolute Gasteiger partial charge is 0.379 e. The fourth-order valence-corrected chi connectivity index (χ4v) is 4.60. The Morgan fingerprint density at radius 2 is 1.63 bits per heavy atom. The van der Waals surface area contributed by atoms with Crippen LogP contribution in [0.1, 0.15) is 48.0 Å². The molecule has 0 bridgehead atoms. The van der Waals surface area contributed by atoms with E-state index in [2.05, 4.69) is 48.1 Å².